The van der Waals surface area contributed by atoms with Crippen molar-refractivity contribution in [2.24, 2.45) is 11.7 Å². The van der Waals surface area contributed by atoms with Crippen LogP contribution in [0.1, 0.15) is 29.2 Å². The Bertz CT molecular complexity index is 808. The largest absolute Gasteiger partial charge is 0.798 e. The third-order valence-corrected chi connectivity index (χ3v) is 5.46. The lowest BCUT2D eigenvalue weighted by Gasteiger charge is -2.45. The van der Waals surface area contributed by atoms with Gasteiger partial charge in [0.05, 0.1) is 18.9 Å². The molecule has 4 N–H and O–H groups in total. The van der Waals surface area contributed by atoms with Gasteiger partial charge in [-0.1, -0.05) is 36.4 Å². The highest BCUT2D eigenvalue weighted by atomic mass is 16.5. The number of fused-ring (bicyclic) bond motifs is 3. The maximum absolute atomic E-state index is 14.0. The molecule has 2 aliphatic rings. The maximum Gasteiger partial charge on any atom is 0.431 e. The monoisotopic (exact) mass is 339 g/mol. The minimum atomic E-state index is -1.62. The summed E-state index contributed by atoms with van der Waals surface area (Å²) in [6.07, 6.45) is 1.53. The number of hydrogen-bond donors (Lipinski definition) is 3. The summed E-state index contributed by atoms with van der Waals surface area (Å²) in [6.45, 7) is 0. The van der Waals surface area contributed by atoms with Crippen molar-refractivity contribution < 1.29 is 19.6 Å². The highest BCUT2D eigenvalue weighted by Crippen LogP contribution is 2.43. The number of nitrogens with two attached hydrogens (primary N) is 1. The first kappa shape index (κ1) is 16.1. The number of quaternary nitrogens is 1. The Balaban J connectivity index is 1.80. The molecule has 4 atom stereocenters. The molecule has 6 nitrogen and oxygen atoms in total. The second-order valence-electron chi connectivity index (χ2n) is 6.67. The number of methoxy groups -OCH3 is 1. The maximum atomic E-state index is 14.0. The molecule has 0 saturated carbocycles. The standard InChI is InChI=1S/C19H20N3O3/c1-25-14-9-6-13(7-10-14)17-16-11-8-12-4-2-3-5-15(12)19(16,24)22(21-17)18(20)23/h2-7,9-10,16-17,21H,8,11H2,1H3,(H2,20,23)/q-1/p+1. The zero-order valence-electron chi connectivity index (χ0n) is 14.0. The number of nitrogens with one attached hydrogen (secondary N) is 2. The fourth-order valence-corrected chi connectivity index (χ4v) is 4.28. The molecule has 1 aliphatic heterocycles. The average molecular weight is 339 g/mol. The van der Waals surface area contributed by atoms with Gasteiger partial charge in [0.15, 0.2) is 0 Å². The van der Waals surface area contributed by atoms with E-state index < -0.39 is 11.8 Å². The van der Waals surface area contributed by atoms with E-state index >= 15 is 0 Å². The van der Waals surface area contributed by atoms with E-state index in [-0.39, 0.29) is 17.0 Å². The van der Waals surface area contributed by atoms with Crippen LogP contribution in [0.2, 0.25) is 0 Å². The quantitative estimate of drug-likeness (QED) is 0.718. The van der Waals surface area contributed by atoms with Crippen molar-refractivity contribution in [1.29, 1.82) is 0 Å². The van der Waals surface area contributed by atoms with Gasteiger partial charge in [-0.15, -0.1) is 0 Å². The van der Waals surface area contributed by atoms with Gasteiger partial charge in [0.2, 0.25) is 0 Å². The highest BCUT2D eigenvalue weighted by Gasteiger charge is 2.56. The number of primary amides is 1. The van der Waals surface area contributed by atoms with Crippen LogP contribution in [-0.4, -0.2) is 13.1 Å². The second-order valence-corrected chi connectivity index (χ2v) is 6.67. The fraction of sp³-hybridized carbons (Fsp3) is 0.316. The molecule has 4 unspecified atom stereocenters. The number of ether oxygens (including phenoxy) is 1. The lowest BCUT2D eigenvalue weighted by atomic mass is 9.73. The molecular weight excluding hydrogens is 318 g/mol. The van der Waals surface area contributed by atoms with Crippen molar-refractivity contribution >= 4 is 6.03 Å². The van der Waals surface area contributed by atoms with Crippen molar-refractivity contribution in [1.82, 2.24) is 5.43 Å². The molecule has 0 aromatic heterocycles. The molecule has 1 saturated heterocycles. The SMILES string of the molecule is COc1ccc(C2N[NH+](C(N)=O)C3([O-])c4ccccc4CCC23)cc1. The predicted octanol–water partition coefficient (Wildman–Crippen LogP) is -0.00620. The van der Waals surface area contributed by atoms with Crippen LogP contribution in [0, 0.1) is 5.92 Å². The Morgan fingerprint density at radius 1 is 1.28 bits per heavy atom. The average Bonchev–Trinajstić information content (AvgIpc) is 2.95. The third-order valence-electron chi connectivity index (χ3n) is 5.46. The predicted molar refractivity (Wildman–Crippen MR) is 89.3 cm³/mol. The molecule has 0 spiro atoms. The number of amides is 2. The van der Waals surface area contributed by atoms with Crippen LogP contribution in [0.5, 0.6) is 5.75 Å². The number of urea groups is 1. The molecule has 4 rings (SSSR count). The molecule has 1 fully saturated rings. The summed E-state index contributed by atoms with van der Waals surface area (Å²) in [5, 5.41) is 14.0. The molecule has 0 radical (unpaired) electrons. The summed E-state index contributed by atoms with van der Waals surface area (Å²) >= 11 is 0. The van der Waals surface area contributed by atoms with Crippen molar-refractivity contribution in [3.05, 3.63) is 65.2 Å². The molecule has 25 heavy (non-hydrogen) atoms. The molecule has 2 amide bonds. The van der Waals surface area contributed by atoms with Gasteiger partial charge in [-0.3, -0.25) is 0 Å². The van der Waals surface area contributed by atoms with Crippen molar-refractivity contribution in [3.63, 3.8) is 0 Å². The van der Waals surface area contributed by atoms with E-state index in [9.17, 15) is 9.90 Å². The van der Waals surface area contributed by atoms with Crippen molar-refractivity contribution in [3.8, 4) is 5.75 Å². The van der Waals surface area contributed by atoms with Gasteiger partial charge >= 0.3 is 6.03 Å². The third kappa shape index (κ3) is 2.33. The van der Waals surface area contributed by atoms with Crippen LogP contribution >= 0.6 is 0 Å². The van der Waals surface area contributed by atoms with E-state index in [0.717, 1.165) is 23.3 Å². The first-order valence-corrected chi connectivity index (χ1v) is 8.42. The molecular formula is C19H21N3O3. The molecule has 6 heteroatoms. The molecule has 2 aromatic carbocycles. The Labute approximate surface area is 146 Å². The minimum Gasteiger partial charge on any atom is -0.798 e. The van der Waals surface area contributed by atoms with Gasteiger partial charge in [0.1, 0.15) is 5.75 Å². The Hall–Kier alpha value is -2.41. The summed E-state index contributed by atoms with van der Waals surface area (Å²) in [4.78, 5) is 12.1. The van der Waals surface area contributed by atoms with Gasteiger partial charge in [-0.05, 0) is 36.1 Å². The Kier molecular flexibility index (Phi) is 3.76. The fourth-order valence-electron chi connectivity index (χ4n) is 4.28. The second kappa shape index (κ2) is 5.84. The van der Waals surface area contributed by atoms with Crippen LogP contribution in [-0.2, 0) is 12.1 Å². The number of rotatable bonds is 2. The molecule has 1 aliphatic carbocycles. The van der Waals surface area contributed by atoms with Gasteiger partial charge in [0.25, 0.3) is 0 Å². The van der Waals surface area contributed by atoms with E-state index in [0.29, 0.717) is 12.0 Å². The summed E-state index contributed by atoms with van der Waals surface area (Å²) in [5.74, 6) is 0.488. The van der Waals surface area contributed by atoms with E-state index in [2.05, 4.69) is 5.43 Å². The van der Waals surface area contributed by atoms with Crippen LogP contribution < -0.4 is 26.0 Å². The smallest absolute Gasteiger partial charge is 0.431 e. The summed E-state index contributed by atoms with van der Waals surface area (Å²) in [5.41, 5.74) is 9.75. The normalized spacial score (nSPS) is 30.4. The van der Waals surface area contributed by atoms with E-state index in [1.54, 1.807) is 7.11 Å². The van der Waals surface area contributed by atoms with E-state index in [1.165, 1.54) is 0 Å². The van der Waals surface area contributed by atoms with E-state index in [1.807, 2.05) is 48.5 Å². The number of carbonyl (C=O) groups is 1. The first-order chi connectivity index (χ1) is 12.1. The zero-order valence-corrected chi connectivity index (χ0v) is 14.0. The number of hydrogen-bond acceptors (Lipinski definition) is 4. The number of aryl methyl sites for hydroxylation is 1. The van der Waals surface area contributed by atoms with Crippen molar-refractivity contribution in [2.75, 3.05) is 7.11 Å². The minimum absolute atomic E-state index is 0.0745. The first-order valence-electron chi connectivity index (χ1n) is 8.42. The van der Waals surface area contributed by atoms with Crippen LogP contribution in [0.25, 0.3) is 0 Å². The van der Waals surface area contributed by atoms with Crippen LogP contribution in [0.4, 0.5) is 4.79 Å². The Morgan fingerprint density at radius 2 is 2.00 bits per heavy atom. The van der Waals surface area contributed by atoms with Gasteiger partial charge in [-0.2, -0.15) is 10.4 Å². The number of carbonyl (C=O) groups excluding carboxylic acids is 1. The summed E-state index contributed by atoms with van der Waals surface area (Å²) in [6, 6.07) is 14.2. The van der Waals surface area contributed by atoms with Crippen LogP contribution in [0.3, 0.4) is 0 Å². The van der Waals surface area contributed by atoms with Gasteiger partial charge < -0.3 is 15.6 Å². The van der Waals surface area contributed by atoms with Crippen LogP contribution in [0.15, 0.2) is 48.5 Å². The molecule has 1 heterocycles. The van der Waals surface area contributed by atoms with Crippen molar-refractivity contribution in [2.45, 2.75) is 24.6 Å². The topological polar surface area (TPSA) is 91.8 Å². The summed E-state index contributed by atoms with van der Waals surface area (Å²) in [7, 11) is 1.61. The summed E-state index contributed by atoms with van der Waals surface area (Å²) < 4.78 is 5.20. The Morgan fingerprint density at radius 3 is 2.68 bits per heavy atom. The zero-order chi connectivity index (χ0) is 17.6. The van der Waals surface area contributed by atoms with Gasteiger partial charge in [-0.25, -0.2) is 4.79 Å². The van der Waals surface area contributed by atoms with E-state index in [4.69, 9.17) is 10.5 Å². The molecule has 130 valence electrons. The lowest BCUT2D eigenvalue weighted by Crippen LogP contribution is -3.27. The molecule has 0 bridgehead atoms. The molecule has 2 aromatic rings. The van der Waals surface area contributed by atoms with Gasteiger partial charge in [0, 0.05) is 11.5 Å². The lowest BCUT2D eigenvalue weighted by molar-refractivity contribution is -1.00. The highest BCUT2D eigenvalue weighted by molar-refractivity contribution is 5.62. The number of benzene rings is 2.